The highest BCUT2D eigenvalue weighted by Crippen LogP contribution is 2.24. The number of carbonyl (C=O) groups is 3. The average molecular weight is 274 g/mol. The molecule has 1 aromatic rings. The summed E-state index contributed by atoms with van der Waals surface area (Å²) in [6.07, 6.45) is 0.236. The molecule has 6 nitrogen and oxygen atoms in total. The Labute approximate surface area is 106 Å². The lowest BCUT2D eigenvalue weighted by atomic mass is 10.3. The molecule has 0 saturated carbocycles. The van der Waals surface area contributed by atoms with Gasteiger partial charge in [0.15, 0.2) is 12.1 Å². The maximum atomic E-state index is 11.4. The highest BCUT2D eigenvalue weighted by atomic mass is 35.5. The van der Waals surface area contributed by atoms with E-state index in [1.54, 1.807) is 0 Å². The molecule has 8 heteroatoms. The summed E-state index contributed by atoms with van der Waals surface area (Å²) in [7, 11) is 0. The third kappa shape index (κ3) is 2.13. The van der Waals surface area contributed by atoms with E-state index in [2.05, 4.69) is 9.97 Å². The van der Waals surface area contributed by atoms with Gasteiger partial charge in [0.2, 0.25) is 11.9 Å². The zero-order valence-corrected chi connectivity index (χ0v) is 9.83. The maximum Gasteiger partial charge on any atom is 0.237 e. The Kier molecular flexibility index (Phi) is 3.08. The van der Waals surface area contributed by atoms with Gasteiger partial charge in [-0.25, -0.2) is 0 Å². The van der Waals surface area contributed by atoms with Gasteiger partial charge in [0.1, 0.15) is 10.3 Å². The second-order valence-electron chi connectivity index (χ2n) is 3.33. The van der Waals surface area contributed by atoms with Crippen molar-refractivity contribution in [2.75, 3.05) is 11.4 Å². The molecule has 2 rings (SSSR count). The van der Waals surface area contributed by atoms with Crippen molar-refractivity contribution in [3.8, 4) is 0 Å². The van der Waals surface area contributed by atoms with E-state index in [0.717, 1.165) is 4.90 Å². The molecule has 1 amide bonds. The predicted molar refractivity (Wildman–Crippen MR) is 59.4 cm³/mol. The van der Waals surface area contributed by atoms with Gasteiger partial charge in [0.25, 0.3) is 0 Å². The van der Waals surface area contributed by atoms with Gasteiger partial charge >= 0.3 is 0 Å². The first-order chi connectivity index (χ1) is 8.02. The minimum Gasteiger partial charge on any atom is -0.298 e. The predicted octanol–water partition coefficient (Wildman–Crippen LogP) is 0.902. The van der Waals surface area contributed by atoms with Gasteiger partial charge in [-0.2, -0.15) is 9.97 Å². The molecule has 1 fully saturated rings. The van der Waals surface area contributed by atoms with Gasteiger partial charge in [-0.15, -0.1) is 0 Å². The van der Waals surface area contributed by atoms with E-state index in [1.165, 1.54) is 0 Å². The van der Waals surface area contributed by atoms with Crippen LogP contribution < -0.4 is 4.90 Å². The molecule has 0 atom stereocenters. The van der Waals surface area contributed by atoms with E-state index in [-0.39, 0.29) is 40.6 Å². The number of halogens is 2. The van der Waals surface area contributed by atoms with Crippen LogP contribution in [0.25, 0.3) is 0 Å². The molecule has 0 unspecified atom stereocenters. The molecule has 1 saturated heterocycles. The molecule has 0 aliphatic carbocycles. The number of carbonyl (C=O) groups excluding carboxylic acids is 3. The second kappa shape index (κ2) is 4.38. The summed E-state index contributed by atoms with van der Waals surface area (Å²) in [6, 6.07) is 0. The molecule has 1 aliphatic rings. The number of aromatic nitrogens is 2. The Morgan fingerprint density at radius 2 is 1.76 bits per heavy atom. The number of aldehydes is 1. The van der Waals surface area contributed by atoms with Crippen LogP contribution in [0, 0.1) is 0 Å². The first-order valence-electron chi connectivity index (χ1n) is 4.53. The number of Topliss-reactive ketones (excluding diaryl/α,β-unsaturated/α-hetero) is 1. The number of hydrogen-bond donors (Lipinski definition) is 0. The SMILES string of the molecule is O=Cc1c(Cl)nc(N2CC(=O)CC2=O)nc1Cl. The van der Waals surface area contributed by atoms with Crippen LogP contribution in [0.15, 0.2) is 0 Å². The highest BCUT2D eigenvalue weighted by Gasteiger charge is 2.31. The van der Waals surface area contributed by atoms with Gasteiger partial charge < -0.3 is 0 Å². The van der Waals surface area contributed by atoms with Gasteiger partial charge in [-0.05, 0) is 0 Å². The largest absolute Gasteiger partial charge is 0.298 e. The normalized spacial score (nSPS) is 15.5. The van der Waals surface area contributed by atoms with Crippen LogP contribution in [-0.4, -0.2) is 34.5 Å². The standard InChI is InChI=1S/C9H5Cl2N3O3/c10-7-5(3-15)8(11)13-9(12-7)14-2-4(16)1-6(14)17/h3H,1-2H2. The second-order valence-corrected chi connectivity index (χ2v) is 4.05. The van der Waals surface area contributed by atoms with Crippen molar-refractivity contribution in [3.63, 3.8) is 0 Å². The minimum absolute atomic E-state index is 0.0462. The van der Waals surface area contributed by atoms with E-state index in [1.807, 2.05) is 0 Å². The molecule has 1 aromatic heterocycles. The van der Waals surface area contributed by atoms with Crippen LogP contribution in [0.1, 0.15) is 16.8 Å². The fourth-order valence-electron chi connectivity index (χ4n) is 1.39. The summed E-state index contributed by atoms with van der Waals surface area (Å²) in [5.41, 5.74) is -0.0462. The molecule has 17 heavy (non-hydrogen) atoms. The molecule has 0 radical (unpaired) electrons. The summed E-state index contributed by atoms with van der Waals surface area (Å²) in [5.74, 6) is -0.715. The number of ketones is 1. The van der Waals surface area contributed by atoms with E-state index < -0.39 is 5.91 Å². The number of amides is 1. The van der Waals surface area contributed by atoms with Crippen LogP contribution >= 0.6 is 23.2 Å². The van der Waals surface area contributed by atoms with Gasteiger partial charge in [-0.3, -0.25) is 19.3 Å². The van der Waals surface area contributed by atoms with Crippen molar-refractivity contribution >= 4 is 47.1 Å². The van der Waals surface area contributed by atoms with Crippen molar-refractivity contribution in [1.82, 2.24) is 9.97 Å². The van der Waals surface area contributed by atoms with Crippen molar-refractivity contribution in [2.45, 2.75) is 6.42 Å². The van der Waals surface area contributed by atoms with Crippen molar-refractivity contribution in [1.29, 1.82) is 0 Å². The lowest BCUT2D eigenvalue weighted by Gasteiger charge is -2.13. The Morgan fingerprint density at radius 1 is 1.18 bits per heavy atom. The van der Waals surface area contributed by atoms with Gasteiger partial charge in [-0.1, -0.05) is 23.2 Å². The number of hydrogen-bond acceptors (Lipinski definition) is 5. The molecular formula is C9H5Cl2N3O3. The monoisotopic (exact) mass is 273 g/mol. The Hall–Kier alpha value is -1.53. The smallest absolute Gasteiger partial charge is 0.237 e. The molecule has 1 aliphatic heterocycles. The van der Waals surface area contributed by atoms with Crippen LogP contribution in [0.3, 0.4) is 0 Å². The number of nitrogens with zero attached hydrogens (tertiary/aromatic N) is 3. The van der Waals surface area contributed by atoms with Crippen molar-refractivity contribution in [2.24, 2.45) is 0 Å². The van der Waals surface area contributed by atoms with Crippen LogP contribution in [0.5, 0.6) is 0 Å². The molecule has 2 heterocycles. The summed E-state index contributed by atoms with van der Waals surface area (Å²) < 4.78 is 0. The Morgan fingerprint density at radius 3 is 2.18 bits per heavy atom. The molecule has 0 aromatic carbocycles. The van der Waals surface area contributed by atoms with E-state index in [9.17, 15) is 14.4 Å². The Bertz CT molecular complexity index is 509. The van der Waals surface area contributed by atoms with Crippen LogP contribution in [0.2, 0.25) is 10.3 Å². The van der Waals surface area contributed by atoms with E-state index in [4.69, 9.17) is 23.2 Å². The number of anilines is 1. The van der Waals surface area contributed by atoms with Crippen molar-refractivity contribution < 1.29 is 14.4 Å². The lowest BCUT2D eigenvalue weighted by molar-refractivity contribution is -0.121. The lowest BCUT2D eigenvalue weighted by Crippen LogP contribution is -2.27. The summed E-state index contributed by atoms with van der Waals surface area (Å²) in [6.45, 7) is -0.105. The fourth-order valence-corrected chi connectivity index (χ4v) is 1.86. The van der Waals surface area contributed by atoms with E-state index >= 15 is 0 Å². The first kappa shape index (κ1) is 11.9. The van der Waals surface area contributed by atoms with Crippen LogP contribution in [0.4, 0.5) is 5.95 Å². The highest BCUT2D eigenvalue weighted by molar-refractivity contribution is 6.37. The minimum atomic E-state index is -0.416. The third-order valence-electron chi connectivity index (χ3n) is 2.18. The zero-order chi connectivity index (χ0) is 12.6. The molecule has 0 N–H and O–H groups in total. The zero-order valence-electron chi connectivity index (χ0n) is 8.31. The van der Waals surface area contributed by atoms with E-state index in [0.29, 0.717) is 6.29 Å². The molecule has 0 bridgehead atoms. The summed E-state index contributed by atoms with van der Waals surface area (Å²) >= 11 is 11.4. The quantitative estimate of drug-likeness (QED) is 0.454. The van der Waals surface area contributed by atoms with Gasteiger partial charge in [0.05, 0.1) is 18.5 Å². The van der Waals surface area contributed by atoms with Crippen molar-refractivity contribution in [3.05, 3.63) is 15.9 Å². The first-order valence-corrected chi connectivity index (χ1v) is 5.29. The fraction of sp³-hybridized carbons (Fsp3) is 0.222. The topological polar surface area (TPSA) is 80.2 Å². The van der Waals surface area contributed by atoms with Gasteiger partial charge in [0, 0.05) is 0 Å². The van der Waals surface area contributed by atoms with Crippen LogP contribution in [-0.2, 0) is 9.59 Å². The Balaban J connectivity index is 2.44. The third-order valence-corrected chi connectivity index (χ3v) is 2.76. The summed E-state index contributed by atoms with van der Waals surface area (Å²) in [5, 5.41) is -0.302. The molecule has 88 valence electrons. The molecular weight excluding hydrogens is 269 g/mol. The maximum absolute atomic E-state index is 11.4. The average Bonchev–Trinajstić information content (AvgIpc) is 2.57. The summed E-state index contributed by atoms with van der Waals surface area (Å²) in [4.78, 5) is 41.7. The number of rotatable bonds is 2. The molecule has 0 spiro atoms.